The van der Waals surface area contributed by atoms with Gasteiger partial charge in [-0.25, -0.2) is 9.50 Å². The van der Waals surface area contributed by atoms with Crippen LogP contribution in [-0.4, -0.2) is 26.1 Å². The fraction of sp³-hybridized carbons (Fsp3) is 0.444. The van der Waals surface area contributed by atoms with Gasteiger partial charge in [0.15, 0.2) is 5.82 Å². The van der Waals surface area contributed by atoms with Crippen molar-refractivity contribution >= 4 is 5.78 Å². The minimum Gasteiger partial charge on any atom is -0.330 e. The number of fused-ring (bicyclic) bond motifs is 1. The third kappa shape index (κ3) is 1.46. The Bertz CT molecular complexity index is 459. The molecule has 2 rings (SSSR count). The van der Waals surface area contributed by atoms with Gasteiger partial charge in [0.25, 0.3) is 5.78 Å². The lowest BCUT2D eigenvalue weighted by Gasteiger charge is -1.97. The first-order valence-electron chi connectivity index (χ1n) is 4.60. The molecule has 0 aliphatic rings. The molecule has 0 atom stereocenters. The van der Waals surface area contributed by atoms with E-state index in [9.17, 15) is 0 Å². The van der Waals surface area contributed by atoms with Crippen molar-refractivity contribution in [3.8, 4) is 0 Å². The number of aryl methyl sites for hydroxylation is 2. The maximum Gasteiger partial charge on any atom is 0.252 e. The van der Waals surface area contributed by atoms with E-state index in [1.54, 1.807) is 4.52 Å². The van der Waals surface area contributed by atoms with Crippen LogP contribution in [0.2, 0.25) is 0 Å². The predicted octanol–water partition coefficient (Wildman–Crippen LogP) is 0.242. The highest BCUT2D eigenvalue weighted by molar-refractivity contribution is 5.30. The van der Waals surface area contributed by atoms with E-state index in [0.717, 1.165) is 17.2 Å². The van der Waals surface area contributed by atoms with Crippen molar-refractivity contribution in [3.63, 3.8) is 0 Å². The Hall–Kier alpha value is -1.49. The highest BCUT2D eigenvalue weighted by atomic mass is 15.3. The molecule has 0 fully saturated rings. The lowest BCUT2D eigenvalue weighted by molar-refractivity contribution is 0.823. The Kier molecular flexibility index (Phi) is 2.17. The molecule has 2 N–H and O–H groups in total. The molecule has 0 bridgehead atoms. The fourth-order valence-electron chi connectivity index (χ4n) is 1.44. The molecule has 0 saturated heterocycles. The van der Waals surface area contributed by atoms with Gasteiger partial charge in [0.05, 0.1) is 0 Å². The molecule has 2 aromatic rings. The highest BCUT2D eigenvalue weighted by Crippen LogP contribution is 2.05. The van der Waals surface area contributed by atoms with Crippen molar-refractivity contribution in [2.45, 2.75) is 20.3 Å². The zero-order valence-corrected chi connectivity index (χ0v) is 8.36. The summed E-state index contributed by atoms with van der Waals surface area (Å²) in [6.07, 6.45) is 0.696. The average Bonchev–Trinajstić information content (AvgIpc) is 2.48. The number of hydrogen-bond acceptors (Lipinski definition) is 4. The second kappa shape index (κ2) is 3.34. The van der Waals surface area contributed by atoms with Gasteiger partial charge in [-0.15, -0.1) is 5.10 Å². The molecule has 0 aliphatic carbocycles. The number of nitrogens with two attached hydrogens (primary N) is 1. The quantitative estimate of drug-likeness (QED) is 0.738. The van der Waals surface area contributed by atoms with E-state index in [2.05, 4.69) is 15.1 Å². The Morgan fingerprint density at radius 3 is 2.86 bits per heavy atom. The molecular weight excluding hydrogens is 178 g/mol. The average molecular weight is 191 g/mol. The molecule has 0 unspecified atom stereocenters. The van der Waals surface area contributed by atoms with Crippen LogP contribution >= 0.6 is 0 Å². The monoisotopic (exact) mass is 191 g/mol. The second-order valence-corrected chi connectivity index (χ2v) is 3.32. The van der Waals surface area contributed by atoms with Crippen molar-refractivity contribution in [2.75, 3.05) is 6.54 Å². The van der Waals surface area contributed by atoms with Crippen LogP contribution in [0.3, 0.4) is 0 Å². The van der Waals surface area contributed by atoms with Crippen molar-refractivity contribution in [1.29, 1.82) is 0 Å². The van der Waals surface area contributed by atoms with Gasteiger partial charge >= 0.3 is 0 Å². The number of hydrogen-bond donors (Lipinski definition) is 1. The zero-order valence-electron chi connectivity index (χ0n) is 8.36. The summed E-state index contributed by atoms with van der Waals surface area (Å²) < 4.78 is 1.75. The molecule has 0 amide bonds. The summed E-state index contributed by atoms with van der Waals surface area (Å²) in [6.45, 7) is 4.50. The Morgan fingerprint density at radius 2 is 2.14 bits per heavy atom. The van der Waals surface area contributed by atoms with E-state index in [0.29, 0.717) is 18.7 Å². The fourth-order valence-corrected chi connectivity index (χ4v) is 1.44. The smallest absolute Gasteiger partial charge is 0.252 e. The van der Waals surface area contributed by atoms with Crippen LogP contribution in [-0.2, 0) is 6.42 Å². The van der Waals surface area contributed by atoms with E-state index in [4.69, 9.17) is 5.73 Å². The van der Waals surface area contributed by atoms with Gasteiger partial charge in [-0.3, -0.25) is 0 Å². The topological polar surface area (TPSA) is 69.1 Å². The molecule has 5 nitrogen and oxygen atoms in total. The van der Waals surface area contributed by atoms with Crippen LogP contribution in [0.4, 0.5) is 0 Å². The Morgan fingerprint density at radius 1 is 1.36 bits per heavy atom. The molecule has 5 heteroatoms. The number of nitrogens with zero attached hydrogens (tertiary/aromatic N) is 4. The second-order valence-electron chi connectivity index (χ2n) is 3.32. The van der Waals surface area contributed by atoms with E-state index in [1.165, 1.54) is 0 Å². The lowest BCUT2D eigenvalue weighted by Crippen LogP contribution is -2.04. The minimum absolute atomic E-state index is 0.564. The van der Waals surface area contributed by atoms with Gasteiger partial charge in [0, 0.05) is 17.8 Å². The third-order valence-corrected chi connectivity index (χ3v) is 2.03. The van der Waals surface area contributed by atoms with Gasteiger partial charge in [-0.1, -0.05) is 0 Å². The summed E-state index contributed by atoms with van der Waals surface area (Å²) in [5.41, 5.74) is 7.45. The Labute approximate surface area is 82.0 Å². The molecule has 0 spiro atoms. The van der Waals surface area contributed by atoms with Crippen molar-refractivity contribution in [1.82, 2.24) is 19.6 Å². The number of aromatic nitrogens is 4. The molecule has 0 aromatic carbocycles. The zero-order chi connectivity index (χ0) is 10.1. The molecule has 74 valence electrons. The maximum absolute atomic E-state index is 5.44. The van der Waals surface area contributed by atoms with Crippen LogP contribution in [0.25, 0.3) is 5.78 Å². The largest absolute Gasteiger partial charge is 0.330 e. The summed E-state index contributed by atoms with van der Waals surface area (Å²) in [5.74, 6) is 1.42. The Balaban J connectivity index is 2.58. The molecule has 0 saturated carbocycles. The first kappa shape index (κ1) is 9.08. The first-order chi connectivity index (χ1) is 6.70. The van der Waals surface area contributed by atoms with Crippen LogP contribution in [0.1, 0.15) is 17.2 Å². The summed E-state index contributed by atoms with van der Waals surface area (Å²) in [6, 6.07) is 1.98. The predicted molar refractivity (Wildman–Crippen MR) is 53.0 cm³/mol. The first-order valence-corrected chi connectivity index (χ1v) is 4.60. The molecule has 2 heterocycles. The van der Waals surface area contributed by atoms with E-state index in [-0.39, 0.29) is 0 Å². The summed E-state index contributed by atoms with van der Waals surface area (Å²) >= 11 is 0. The van der Waals surface area contributed by atoms with Crippen LogP contribution in [0.15, 0.2) is 6.07 Å². The van der Waals surface area contributed by atoms with Crippen LogP contribution in [0.5, 0.6) is 0 Å². The SMILES string of the molecule is Cc1cc(C)n2nc(CCN)nc2n1. The third-order valence-electron chi connectivity index (χ3n) is 2.03. The number of rotatable bonds is 2. The van der Waals surface area contributed by atoms with Gasteiger partial charge in [0.1, 0.15) is 0 Å². The minimum atomic E-state index is 0.564. The van der Waals surface area contributed by atoms with E-state index in [1.807, 2.05) is 19.9 Å². The molecule has 2 aromatic heterocycles. The van der Waals surface area contributed by atoms with Crippen LogP contribution in [0, 0.1) is 13.8 Å². The van der Waals surface area contributed by atoms with E-state index >= 15 is 0 Å². The van der Waals surface area contributed by atoms with Crippen molar-refractivity contribution in [3.05, 3.63) is 23.3 Å². The van der Waals surface area contributed by atoms with Gasteiger partial charge in [-0.05, 0) is 26.5 Å². The van der Waals surface area contributed by atoms with E-state index < -0.39 is 0 Å². The lowest BCUT2D eigenvalue weighted by atomic mass is 10.4. The maximum atomic E-state index is 5.44. The summed E-state index contributed by atoms with van der Waals surface area (Å²) in [4.78, 5) is 8.57. The summed E-state index contributed by atoms with van der Waals surface area (Å²) in [7, 11) is 0. The van der Waals surface area contributed by atoms with Gasteiger partial charge in [-0.2, -0.15) is 4.98 Å². The molecule has 0 aliphatic heterocycles. The van der Waals surface area contributed by atoms with Gasteiger partial charge < -0.3 is 5.73 Å². The van der Waals surface area contributed by atoms with Crippen molar-refractivity contribution < 1.29 is 0 Å². The molecule has 14 heavy (non-hydrogen) atoms. The van der Waals surface area contributed by atoms with Crippen LogP contribution < -0.4 is 5.73 Å². The standard InChI is InChI=1S/C9H13N5/c1-6-5-7(2)14-9(11-6)12-8(13-14)3-4-10/h5H,3-4,10H2,1-2H3. The normalized spacial score (nSPS) is 11.1. The van der Waals surface area contributed by atoms with Crippen molar-refractivity contribution in [2.24, 2.45) is 5.73 Å². The summed E-state index contributed by atoms with van der Waals surface area (Å²) in [5, 5.41) is 4.31. The highest BCUT2D eigenvalue weighted by Gasteiger charge is 2.06. The molecule has 0 radical (unpaired) electrons. The molecular formula is C9H13N5. The van der Waals surface area contributed by atoms with Gasteiger partial charge in [0.2, 0.25) is 0 Å².